The van der Waals surface area contributed by atoms with Gasteiger partial charge in [0.15, 0.2) is 5.03 Å². The molecule has 0 saturated carbocycles. The molecular formula is C5H3ClFNO3S. The van der Waals surface area contributed by atoms with E-state index in [0.29, 0.717) is 12.1 Å². The largest absolute Gasteiger partial charge is 0.312 e. The number of hydrogen-bond acceptors (Lipinski definition) is 3. The minimum atomic E-state index is -4.07. The Morgan fingerprint density at radius 3 is 2.42 bits per heavy atom. The molecule has 1 heterocycles. The molecule has 0 bridgehead atoms. The van der Waals surface area contributed by atoms with Gasteiger partial charge >= 0.3 is 0 Å². The first-order chi connectivity index (χ1) is 5.39. The molecule has 0 atom stereocenters. The van der Waals surface area contributed by atoms with Crippen molar-refractivity contribution in [2.75, 3.05) is 0 Å². The first kappa shape index (κ1) is 9.21. The summed E-state index contributed by atoms with van der Waals surface area (Å²) in [5, 5.41) is -0.644. The molecule has 0 aromatic carbocycles. The minimum Gasteiger partial charge on any atom is -0.312 e. The molecule has 1 rings (SSSR count). The van der Waals surface area contributed by atoms with Crippen LogP contribution >= 0.6 is 10.7 Å². The van der Waals surface area contributed by atoms with Crippen LogP contribution < -0.4 is 5.56 Å². The lowest BCUT2D eigenvalue weighted by molar-refractivity contribution is 0.594. The van der Waals surface area contributed by atoms with E-state index >= 15 is 0 Å². The molecule has 0 unspecified atom stereocenters. The highest BCUT2D eigenvalue weighted by atomic mass is 35.7. The molecule has 1 aromatic heterocycles. The third kappa shape index (κ3) is 2.05. The number of H-pyrrole nitrogens is 1. The van der Waals surface area contributed by atoms with Crippen LogP contribution in [0.1, 0.15) is 0 Å². The Kier molecular flexibility index (Phi) is 2.20. The lowest BCUT2D eigenvalue weighted by Crippen LogP contribution is -2.09. The van der Waals surface area contributed by atoms with Crippen molar-refractivity contribution < 1.29 is 12.8 Å². The highest BCUT2D eigenvalue weighted by Gasteiger charge is 2.11. The van der Waals surface area contributed by atoms with Crippen molar-refractivity contribution >= 4 is 19.7 Å². The summed E-state index contributed by atoms with van der Waals surface area (Å²) in [7, 11) is 0.767. The van der Waals surface area contributed by atoms with Crippen molar-refractivity contribution in [1.82, 2.24) is 4.98 Å². The van der Waals surface area contributed by atoms with Crippen LogP contribution in [0, 0.1) is 5.82 Å². The quantitative estimate of drug-likeness (QED) is 0.686. The Morgan fingerprint density at radius 2 is 2.00 bits per heavy atom. The van der Waals surface area contributed by atoms with Crippen LogP contribution in [0.3, 0.4) is 0 Å². The van der Waals surface area contributed by atoms with Crippen LogP contribution in [0.4, 0.5) is 4.39 Å². The fraction of sp³-hybridized carbons (Fsp3) is 0. The molecule has 0 aliphatic heterocycles. The van der Waals surface area contributed by atoms with Crippen molar-refractivity contribution in [3.05, 3.63) is 28.3 Å². The number of rotatable bonds is 1. The number of hydrogen-bond donors (Lipinski definition) is 1. The van der Waals surface area contributed by atoms with Gasteiger partial charge in [0, 0.05) is 22.8 Å². The van der Waals surface area contributed by atoms with Crippen molar-refractivity contribution in [3.8, 4) is 0 Å². The molecule has 0 amide bonds. The molecule has 0 saturated heterocycles. The molecular weight excluding hydrogens is 209 g/mol. The second kappa shape index (κ2) is 2.87. The highest BCUT2D eigenvalue weighted by Crippen LogP contribution is 2.10. The maximum Gasteiger partial charge on any atom is 0.276 e. The van der Waals surface area contributed by atoms with E-state index in [0.717, 1.165) is 0 Å². The number of aromatic nitrogens is 1. The highest BCUT2D eigenvalue weighted by molar-refractivity contribution is 8.13. The van der Waals surface area contributed by atoms with E-state index in [1.165, 1.54) is 0 Å². The van der Waals surface area contributed by atoms with E-state index in [1.807, 2.05) is 4.98 Å². The SMILES string of the molecule is O=c1cc(F)cc(S(=O)(=O)Cl)[nH]1. The zero-order valence-electron chi connectivity index (χ0n) is 5.54. The van der Waals surface area contributed by atoms with Gasteiger partial charge in [-0.05, 0) is 0 Å². The Hall–Kier alpha value is -0.880. The Labute approximate surface area is 71.4 Å². The smallest absolute Gasteiger partial charge is 0.276 e. The summed E-state index contributed by atoms with van der Waals surface area (Å²) in [6.45, 7) is 0. The van der Waals surface area contributed by atoms with E-state index in [9.17, 15) is 17.6 Å². The van der Waals surface area contributed by atoms with Gasteiger partial charge in [0.2, 0.25) is 0 Å². The van der Waals surface area contributed by atoms with E-state index in [2.05, 4.69) is 0 Å². The van der Waals surface area contributed by atoms with Crippen LogP contribution in [-0.4, -0.2) is 13.4 Å². The molecule has 0 aliphatic carbocycles. The maximum atomic E-state index is 12.4. The van der Waals surface area contributed by atoms with E-state index < -0.39 is 25.5 Å². The van der Waals surface area contributed by atoms with Crippen LogP contribution in [0.15, 0.2) is 22.0 Å². The maximum absolute atomic E-state index is 12.4. The van der Waals surface area contributed by atoms with Gasteiger partial charge in [-0.3, -0.25) is 4.79 Å². The van der Waals surface area contributed by atoms with E-state index in [-0.39, 0.29) is 0 Å². The Bertz CT molecular complexity index is 452. The van der Waals surface area contributed by atoms with Crippen LogP contribution in [-0.2, 0) is 9.05 Å². The predicted molar refractivity (Wildman–Crippen MR) is 40.1 cm³/mol. The molecule has 0 radical (unpaired) electrons. The van der Waals surface area contributed by atoms with Gasteiger partial charge in [0.1, 0.15) is 5.82 Å². The summed E-state index contributed by atoms with van der Waals surface area (Å²) in [6.07, 6.45) is 0. The van der Waals surface area contributed by atoms with E-state index in [4.69, 9.17) is 10.7 Å². The fourth-order valence-electron chi connectivity index (χ4n) is 0.617. The molecule has 7 heteroatoms. The summed E-state index contributed by atoms with van der Waals surface area (Å²) >= 11 is 0. The lowest BCUT2D eigenvalue weighted by Gasteiger charge is -1.94. The summed E-state index contributed by atoms with van der Waals surface area (Å²) in [6, 6.07) is 1.25. The van der Waals surface area contributed by atoms with Gasteiger partial charge in [-0.25, -0.2) is 12.8 Å². The van der Waals surface area contributed by atoms with Crippen molar-refractivity contribution in [2.45, 2.75) is 5.03 Å². The van der Waals surface area contributed by atoms with Gasteiger partial charge < -0.3 is 4.98 Å². The number of nitrogens with one attached hydrogen (secondary N) is 1. The molecule has 0 spiro atoms. The number of aromatic amines is 1. The first-order valence-corrected chi connectivity index (χ1v) is 5.05. The zero-order chi connectivity index (χ0) is 9.35. The van der Waals surface area contributed by atoms with Gasteiger partial charge in [-0.1, -0.05) is 0 Å². The third-order valence-electron chi connectivity index (χ3n) is 1.05. The van der Waals surface area contributed by atoms with Crippen molar-refractivity contribution in [1.29, 1.82) is 0 Å². The number of halogens is 2. The summed E-state index contributed by atoms with van der Waals surface area (Å²) in [5.41, 5.74) is -0.853. The predicted octanol–water partition coefficient (Wildman–Crippen LogP) is 0.442. The summed E-state index contributed by atoms with van der Waals surface area (Å²) < 4.78 is 33.5. The van der Waals surface area contributed by atoms with Crippen LogP contribution in [0.5, 0.6) is 0 Å². The lowest BCUT2D eigenvalue weighted by atomic mass is 10.5. The first-order valence-electron chi connectivity index (χ1n) is 2.74. The van der Waals surface area contributed by atoms with Gasteiger partial charge in [0.25, 0.3) is 14.6 Å². The van der Waals surface area contributed by atoms with Crippen LogP contribution in [0.2, 0.25) is 0 Å². The molecule has 0 fully saturated rings. The van der Waals surface area contributed by atoms with Gasteiger partial charge in [0.05, 0.1) is 0 Å². The second-order valence-corrected chi connectivity index (χ2v) is 4.50. The van der Waals surface area contributed by atoms with Crippen molar-refractivity contribution in [2.24, 2.45) is 0 Å². The molecule has 66 valence electrons. The average molecular weight is 212 g/mol. The third-order valence-corrected chi connectivity index (χ3v) is 2.29. The van der Waals surface area contributed by atoms with Gasteiger partial charge in [-0.15, -0.1) is 0 Å². The molecule has 1 aromatic rings. The molecule has 12 heavy (non-hydrogen) atoms. The zero-order valence-corrected chi connectivity index (χ0v) is 7.12. The van der Waals surface area contributed by atoms with Gasteiger partial charge in [-0.2, -0.15) is 0 Å². The topological polar surface area (TPSA) is 67.0 Å². The second-order valence-electron chi connectivity index (χ2n) is 1.96. The Morgan fingerprint density at radius 1 is 1.42 bits per heavy atom. The van der Waals surface area contributed by atoms with Crippen molar-refractivity contribution in [3.63, 3.8) is 0 Å². The monoisotopic (exact) mass is 211 g/mol. The molecule has 4 nitrogen and oxygen atoms in total. The molecule has 1 N–H and O–H groups in total. The Balaban J connectivity index is 3.48. The average Bonchev–Trinajstić information content (AvgIpc) is 1.82. The summed E-state index contributed by atoms with van der Waals surface area (Å²) in [5.74, 6) is -0.946. The van der Waals surface area contributed by atoms with Crippen LogP contribution in [0.25, 0.3) is 0 Å². The fourth-order valence-corrected chi connectivity index (χ4v) is 1.34. The van der Waals surface area contributed by atoms with E-state index in [1.54, 1.807) is 0 Å². The minimum absolute atomic E-state index is 0.617. The summed E-state index contributed by atoms with van der Waals surface area (Å²) in [4.78, 5) is 12.4. The standard InChI is InChI=1S/C5H3ClFNO3S/c6-12(10,11)5-2-3(7)1-4(9)8-5/h1-2H,(H,8,9). The number of pyridine rings is 1. The normalized spacial score (nSPS) is 11.5. The molecule has 0 aliphatic rings.